The highest BCUT2D eigenvalue weighted by molar-refractivity contribution is 14.0. The van der Waals surface area contributed by atoms with Crippen LogP contribution in [0.2, 0.25) is 0 Å². The quantitative estimate of drug-likeness (QED) is 0.304. The molecule has 6 nitrogen and oxygen atoms in total. The number of guanidine groups is 1. The fourth-order valence-electron chi connectivity index (χ4n) is 3.55. The molecule has 0 aliphatic carbocycles. The van der Waals surface area contributed by atoms with Gasteiger partial charge < -0.3 is 15.4 Å². The van der Waals surface area contributed by atoms with E-state index >= 15 is 0 Å². The fourth-order valence-corrected chi connectivity index (χ4v) is 4.42. The Labute approximate surface area is 201 Å². The molecule has 2 aromatic rings. The van der Waals surface area contributed by atoms with Crippen molar-refractivity contribution in [2.75, 3.05) is 46.4 Å². The largest absolute Gasteiger partial charge is 0.379 e. The molecule has 3 rings (SSSR count). The number of nitrogens with one attached hydrogen (secondary N) is 2. The van der Waals surface area contributed by atoms with Crippen LogP contribution in [0.5, 0.6) is 0 Å². The Morgan fingerprint density at radius 3 is 2.77 bits per heavy atom. The third-order valence-corrected chi connectivity index (χ3v) is 6.38. The van der Waals surface area contributed by atoms with Crippen molar-refractivity contribution in [2.45, 2.75) is 32.7 Å². The molecule has 166 valence electrons. The molecular weight excluding hydrogens is 509 g/mol. The maximum atomic E-state index is 5.56. The second-order valence-corrected chi connectivity index (χ2v) is 8.48. The van der Waals surface area contributed by atoms with Gasteiger partial charge in [0.05, 0.1) is 24.3 Å². The average molecular weight is 544 g/mol. The number of halogens is 1. The summed E-state index contributed by atoms with van der Waals surface area (Å²) in [4.78, 5) is 12.7. The smallest absolute Gasteiger partial charge is 0.191 e. The van der Waals surface area contributed by atoms with Gasteiger partial charge >= 0.3 is 0 Å². The molecule has 0 amide bonds. The second kappa shape index (κ2) is 13.2. The molecule has 2 N–H and O–H groups in total. The predicted octanol–water partition coefficient (Wildman–Crippen LogP) is 3.41. The molecule has 1 aromatic carbocycles. The molecule has 1 fully saturated rings. The number of morpholine rings is 1. The molecule has 30 heavy (non-hydrogen) atoms. The van der Waals surface area contributed by atoms with Crippen molar-refractivity contribution in [1.82, 2.24) is 20.5 Å². The topological polar surface area (TPSA) is 61.8 Å². The van der Waals surface area contributed by atoms with Crippen molar-refractivity contribution >= 4 is 41.3 Å². The summed E-state index contributed by atoms with van der Waals surface area (Å²) in [7, 11) is 1.82. The minimum absolute atomic E-state index is 0. The molecule has 0 bridgehead atoms. The van der Waals surface area contributed by atoms with Gasteiger partial charge in [0.15, 0.2) is 5.96 Å². The molecule has 1 aliphatic heterocycles. The summed E-state index contributed by atoms with van der Waals surface area (Å²) in [6.45, 7) is 9.44. The molecule has 1 unspecified atom stereocenters. The van der Waals surface area contributed by atoms with Gasteiger partial charge in [0.25, 0.3) is 0 Å². The molecule has 0 radical (unpaired) electrons. The van der Waals surface area contributed by atoms with E-state index in [4.69, 9.17) is 4.74 Å². The van der Waals surface area contributed by atoms with E-state index in [1.165, 1.54) is 21.0 Å². The van der Waals surface area contributed by atoms with Crippen molar-refractivity contribution < 1.29 is 4.74 Å². The first-order valence-electron chi connectivity index (χ1n) is 10.5. The maximum Gasteiger partial charge on any atom is 0.191 e. The third kappa shape index (κ3) is 7.47. The van der Waals surface area contributed by atoms with Crippen LogP contribution in [0.3, 0.4) is 0 Å². The van der Waals surface area contributed by atoms with E-state index in [2.05, 4.69) is 63.6 Å². The average Bonchev–Trinajstić information content (AvgIpc) is 3.21. The minimum atomic E-state index is 0. The summed E-state index contributed by atoms with van der Waals surface area (Å²) in [5.41, 5.74) is 2.63. The van der Waals surface area contributed by atoms with Crippen molar-refractivity contribution in [2.24, 2.45) is 4.99 Å². The minimum Gasteiger partial charge on any atom is -0.379 e. The third-order valence-electron chi connectivity index (χ3n) is 5.18. The zero-order chi connectivity index (χ0) is 20.5. The lowest BCUT2D eigenvalue weighted by Gasteiger charge is -2.35. The van der Waals surface area contributed by atoms with Gasteiger partial charge in [-0.05, 0) is 18.9 Å². The number of benzene rings is 1. The van der Waals surface area contributed by atoms with E-state index in [1.807, 2.05) is 13.2 Å². The molecule has 1 saturated heterocycles. The molecule has 8 heteroatoms. The van der Waals surface area contributed by atoms with E-state index in [1.54, 1.807) is 11.3 Å². The number of aryl methyl sites for hydroxylation is 2. The van der Waals surface area contributed by atoms with Crippen molar-refractivity contribution in [3.63, 3.8) is 0 Å². The summed E-state index contributed by atoms with van der Waals surface area (Å²) in [6, 6.07) is 9.09. The van der Waals surface area contributed by atoms with Crippen molar-refractivity contribution in [3.8, 4) is 0 Å². The number of aromatic nitrogens is 1. The van der Waals surface area contributed by atoms with E-state index in [0.29, 0.717) is 6.04 Å². The summed E-state index contributed by atoms with van der Waals surface area (Å²) >= 11 is 1.80. The molecule has 1 aromatic heterocycles. The van der Waals surface area contributed by atoms with Crippen LogP contribution in [0.15, 0.2) is 35.5 Å². The first kappa shape index (κ1) is 25.0. The SMILES string of the molecule is CCc1cnc(CCNC(=NC)NCC(c2cccc(C)c2)N2CCOCC2)s1.I. The number of aliphatic imine (C=N–C) groups is 1. The van der Waals surface area contributed by atoms with Gasteiger partial charge in [-0.3, -0.25) is 9.89 Å². The predicted molar refractivity (Wildman–Crippen MR) is 136 cm³/mol. The van der Waals surface area contributed by atoms with Gasteiger partial charge in [0, 0.05) is 50.7 Å². The number of nitrogens with zero attached hydrogens (tertiary/aromatic N) is 3. The van der Waals surface area contributed by atoms with Crippen LogP contribution in [0.1, 0.15) is 34.0 Å². The maximum absolute atomic E-state index is 5.56. The van der Waals surface area contributed by atoms with Gasteiger partial charge in [-0.25, -0.2) is 4.98 Å². The van der Waals surface area contributed by atoms with E-state index < -0.39 is 0 Å². The molecule has 1 aliphatic rings. The van der Waals surface area contributed by atoms with Gasteiger partial charge in [-0.15, -0.1) is 35.3 Å². The summed E-state index contributed by atoms with van der Waals surface area (Å²) < 4.78 is 5.56. The van der Waals surface area contributed by atoms with Gasteiger partial charge in [-0.1, -0.05) is 36.8 Å². The Bertz CT molecular complexity index is 791. The van der Waals surface area contributed by atoms with Crippen LogP contribution < -0.4 is 10.6 Å². The Kier molecular flexibility index (Phi) is 11.0. The normalized spacial score (nSPS) is 16.0. The van der Waals surface area contributed by atoms with Crippen LogP contribution in [0.4, 0.5) is 0 Å². The summed E-state index contributed by atoms with van der Waals surface area (Å²) in [6.07, 6.45) is 3.95. The number of ether oxygens (including phenoxy) is 1. The van der Waals surface area contributed by atoms with E-state index in [9.17, 15) is 0 Å². The fraction of sp³-hybridized carbons (Fsp3) is 0.545. The number of thiazole rings is 1. The molecule has 0 saturated carbocycles. The standard InChI is InChI=1S/C22H33N5OS.HI/c1-4-19-15-25-21(29-19)8-9-24-22(23-3)26-16-20(27-10-12-28-13-11-27)18-7-5-6-17(2)14-18;/h5-7,14-15,20H,4,8-13,16H2,1-3H3,(H2,23,24,26);1H. The highest BCUT2D eigenvalue weighted by Gasteiger charge is 2.23. The van der Waals surface area contributed by atoms with E-state index in [-0.39, 0.29) is 24.0 Å². The first-order chi connectivity index (χ1) is 14.2. The van der Waals surface area contributed by atoms with Crippen LogP contribution in [0.25, 0.3) is 0 Å². The lowest BCUT2D eigenvalue weighted by Crippen LogP contribution is -2.46. The summed E-state index contributed by atoms with van der Waals surface area (Å²) in [5, 5.41) is 8.13. The molecule has 0 spiro atoms. The van der Waals surface area contributed by atoms with Crippen LogP contribution in [-0.4, -0.2) is 62.3 Å². The van der Waals surface area contributed by atoms with Gasteiger partial charge in [0.2, 0.25) is 0 Å². The Hall–Kier alpha value is -1.23. The van der Waals surface area contributed by atoms with Crippen molar-refractivity contribution in [3.05, 3.63) is 51.5 Å². The van der Waals surface area contributed by atoms with Crippen LogP contribution in [-0.2, 0) is 17.6 Å². The van der Waals surface area contributed by atoms with Gasteiger partial charge in [0.1, 0.15) is 0 Å². The summed E-state index contributed by atoms with van der Waals surface area (Å²) in [5.74, 6) is 0.836. The number of hydrogen-bond acceptors (Lipinski definition) is 5. The van der Waals surface area contributed by atoms with E-state index in [0.717, 1.165) is 58.2 Å². The number of rotatable bonds is 8. The molecular formula is C22H34IN5OS. The highest BCUT2D eigenvalue weighted by Crippen LogP contribution is 2.22. The van der Waals surface area contributed by atoms with Crippen LogP contribution in [0, 0.1) is 6.92 Å². The first-order valence-corrected chi connectivity index (χ1v) is 11.3. The molecule has 1 atom stereocenters. The lowest BCUT2D eigenvalue weighted by atomic mass is 10.0. The highest BCUT2D eigenvalue weighted by atomic mass is 127. The zero-order valence-electron chi connectivity index (χ0n) is 18.2. The number of hydrogen-bond donors (Lipinski definition) is 2. The Morgan fingerprint density at radius 2 is 2.10 bits per heavy atom. The van der Waals surface area contributed by atoms with Crippen LogP contribution >= 0.6 is 35.3 Å². The lowest BCUT2D eigenvalue weighted by molar-refractivity contribution is 0.0170. The Balaban J connectivity index is 0.00000320. The second-order valence-electron chi connectivity index (χ2n) is 7.28. The molecule has 2 heterocycles. The monoisotopic (exact) mass is 543 g/mol. The van der Waals surface area contributed by atoms with Crippen molar-refractivity contribution in [1.29, 1.82) is 0 Å². The van der Waals surface area contributed by atoms with Gasteiger partial charge in [-0.2, -0.15) is 0 Å². The zero-order valence-corrected chi connectivity index (χ0v) is 21.3. The Morgan fingerprint density at radius 1 is 1.30 bits per heavy atom.